The summed E-state index contributed by atoms with van der Waals surface area (Å²) in [4.78, 5) is 31.3. The van der Waals surface area contributed by atoms with Gasteiger partial charge in [-0.15, -0.1) is 0 Å². The summed E-state index contributed by atoms with van der Waals surface area (Å²) >= 11 is 0. The molecule has 0 saturated heterocycles. The highest BCUT2D eigenvalue weighted by Gasteiger charge is 2.16. The Morgan fingerprint density at radius 3 is 3.04 bits per heavy atom. The van der Waals surface area contributed by atoms with Crippen molar-refractivity contribution in [1.29, 1.82) is 0 Å². The van der Waals surface area contributed by atoms with Crippen LogP contribution in [0, 0.1) is 0 Å². The molecule has 3 rings (SSSR count). The van der Waals surface area contributed by atoms with E-state index in [4.69, 9.17) is 5.73 Å². The lowest BCUT2D eigenvalue weighted by Crippen LogP contribution is -2.14. The number of H-pyrrole nitrogens is 1. The lowest BCUT2D eigenvalue weighted by molar-refractivity contribution is -0.116. The van der Waals surface area contributed by atoms with Crippen molar-refractivity contribution < 1.29 is 14.3 Å². The van der Waals surface area contributed by atoms with E-state index in [2.05, 4.69) is 25.3 Å². The second kappa shape index (κ2) is 7.83. The molecule has 0 saturated carbocycles. The quantitative estimate of drug-likeness (QED) is 0.586. The summed E-state index contributed by atoms with van der Waals surface area (Å²) in [6, 6.07) is 4.93. The first-order valence-corrected chi connectivity index (χ1v) is 8.32. The lowest BCUT2D eigenvalue weighted by Gasteiger charge is -2.12. The zero-order chi connectivity index (χ0) is 18.5. The highest BCUT2D eigenvalue weighted by Crippen LogP contribution is 2.31. The van der Waals surface area contributed by atoms with Gasteiger partial charge in [-0.2, -0.15) is 0 Å². The molecule has 2 amide bonds. The Labute approximate surface area is 150 Å². The molecule has 0 fully saturated rings. The molecular weight excluding hydrogens is 334 g/mol. The predicted octanol–water partition coefficient (Wildman–Crippen LogP) is 2.93. The monoisotopic (exact) mass is 355 g/mol. The van der Waals surface area contributed by atoms with Gasteiger partial charge in [0, 0.05) is 23.9 Å². The van der Waals surface area contributed by atoms with Gasteiger partial charge in [-0.3, -0.25) is 10.1 Å². The first kappa shape index (κ1) is 17.7. The number of rotatable bonds is 1. The van der Waals surface area contributed by atoms with E-state index < -0.39 is 6.09 Å². The van der Waals surface area contributed by atoms with Gasteiger partial charge in [-0.05, 0) is 31.0 Å². The maximum Gasteiger partial charge on any atom is 0.411 e. The Kier molecular flexibility index (Phi) is 5.33. The van der Waals surface area contributed by atoms with Gasteiger partial charge in [0.25, 0.3) is 0 Å². The van der Waals surface area contributed by atoms with E-state index in [9.17, 15) is 9.59 Å². The second-order valence-electron chi connectivity index (χ2n) is 5.95. The smallest absolute Gasteiger partial charge is 0.411 e. The molecule has 5 N–H and O–H groups in total. The van der Waals surface area contributed by atoms with Crippen molar-refractivity contribution in [3.05, 3.63) is 42.4 Å². The molecular formula is C18H21N5O3. The fraction of sp³-hybridized carbons (Fsp3) is 0.278. The van der Waals surface area contributed by atoms with Gasteiger partial charge in [0.2, 0.25) is 5.91 Å². The summed E-state index contributed by atoms with van der Waals surface area (Å²) < 4.78 is 4.60. The third-order valence-electron chi connectivity index (χ3n) is 4.05. The van der Waals surface area contributed by atoms with Crippen LogP contribution in [0.4, 0.5) is 16.2 Å². The van der Waals surface area contributed by atoms with E-state index in [0.717, 1.165) is 5.56 Å². The standard InChI is InChI=1S/C18H21N5O3/c1-26-18(25)21-11-7-8-12-14(9-11)22-16(24)6-4-2-3-5-13(19)17-20-10-15(12)23-17/h2-3,7-10,13H,4-6,19H2,1H3,(H,20,23)(H,21,25)(H,22,24)/b3-2-/t13-/m0/s1. The van der Waals surface area contributed by atoms with Gasteiger partial charge < -0.3 is 20.8 Å². The number of amides is 2. The molecule has 0 unspecified atom stereocenters. The average molecular weight is 355 g/mol. The summed E-state index contributed by atoms with van der Waals surface area (Å²) in [5.74, 6) is 0.559. The number of imidazole rings is 1. The number of nitrogens with one attached hydrogen (secondary N) is 3. The Hall–Kier alpha value is -3.13. The number of fused-ring (bicyclic) bond motifs is 4. The van der Waals surface area contributed by atoms with Crippen LogP contribution in [0.2, 0.25) is 0 Å². The van der Waals surface area contributed by atoms with Crippen LogP contribution in [0.1, 0.15) is 31.1 Å². The number of anilines is 2. The molecule has 0 aliphatic carbocycles. The van der Waals surface area contributed by atoms with Crippen molar-refractivity contribution in [2.24, 2.45) is 5.73 Å². The fourth-order valence-electron chi connectivity index (χ4n) is 2.68. The van der Waals surface area contributed by atoms with Gasteiger partial charge in [-0.25, -0.2) is 9.78 Å². The second-order valence-corrected chi connectivity index (χ2v) is 5.95. The van der Waals surface area contributed by atoms with Crippen LogP contribution in [0.15, 0.2) is 36.5 Å². The Bertz CT molecular complexity index is 843. The van der Waals surface area contributed by atoms with Gasteiger partial charge in [0.05, 0.1) is 24.5 Å². The van der Waals surface area contributed by atoms with Crippen LogP contribution >= 0.6 is 0 Å². The van der Waals surface area contributed by atoms with Crippen molar-refractivity contribution >= 4 is 23.4 Å². The van der Waals surface area contributed by atoms with E-state index in [0.29, 0.717) is 42.2 Å². The molecule has 8 nitrogen and oxygen atoms in total. The maximum absolute atomic E-state index is 12.3. The van der Waals surface area contributed by atoms with Crippen molar-refractivity contribution in [3.63, 3.8) is 0 Å². The number of carbonyl (C=O) groups excluding carboxylic acids is 2. The highest BCUT2D eigenvalue weighted by molar-refractivity contribution is 5.97. The first-order valence-electron chi connectivity index (χ1n) is 8.32. The van der Waals surface area contributed by atoms with E-state index in [1.807, 2.05) is 12.2 Å². The number of allylic oxidation sites excluding steroid dienone is 1. The number of ether oxygens (including phenoxy) is 1. The number of hydrogen-bond acceptors (Lipinski definition) is 5. The summed E-state index contributed by atoms with van der Waals surface area (Å²) in [5, 5.41) is 5.48. The molecule has 2 bridgehead atoms. The van der Waals surface area contributed by atoms with Crippen molar-refractivity contribution in [2.45, 2.75) is 25.3 Å². The molecule has 0 spiro atoms. The summed E-state index contributed by atoms with van der Waals surface area (Å²) in [6.07, 6.45) is 6.69. The molecule has 1 aliphatic heterocycles. The molecule has 8 heteroatoms. The van der Waals surface area contributed by atoms with E-state index in [1.165, 1.54) is 7.11 Å². The minimum absolute atomic E-state index is 0.120. The minimum atomic E-state index is -0.584. The number of nitrogens with two attached hydrogens (primary N) is 1. The van der Waals surface area contributed by atoms with Crippen LogP contribution in [-0.2, 0) is 9.53 Å². The Morgan fingerprint density at radius 2 is 2.23 bits per heavy atom. The molecule has 1 aliphatic rings. The van der Waals surface area contributed by atoms with Crippen LogP contribution in [-0.4, -0.2) is 29.1 Å². The van der Waals surface area contributed by atoms with E-state index in [-0.39, 0.29) is 11.9 Å². The van der Waals surface area contributed by atoms with Crippen LogP contribution < -0.4 is 16.4 Å². The lowest BCUT2D eigenvalue weighted by atomic mass is 10.1. The molecule has 0 radical (unpaired) electrons. The fourth-order valence-corrected chi connectivity index (χ4v) is 2.68. The molecule has 1 aromatic heterocycles. The average Bonchev–Trinajstić information content (AvgIpc) is 3.11. The maximum atomic E-state index is 12.3. The number of aromatic nitrogens is 2. The molecule has 1 aromatic carbocycles. The third kappa shape index (κ3) is 4.09. The predicted molar refractivity (Wildman–Crippen MR) is 98.6 cm³/mol. The van der Waals surface area contributed by atoms with Gasteiger partial charge in [-0.1, -0.05) is 12.2 Å². The Balaban J connectivity index is 2.00. The Morgan fingerprint density at radius 1 is 1.38 bits per heavy atom. The summed E-state index contributed by atoms with van der Waals surface area (Å²) in [7, 11) is 1.29. The number of benzene rings is 1. The third-order valence-corrected chi connectivity index (χ3v) is 4.05. The molecule has 2 aromatic rings. The van der Waals surface area contributed by atoms with E-state index >= 15 is 0 Å². The molecule has 136 valence electrons. The first-order chi connectivity index (χ1) is 12.6. The van der Waals surface area contributed by atoms with Gasteiger partial charge >= 0.3 is 6.09 Å². The normalized spacial score (nSPS) is 18.4. The van der Waals surface area contributed by atoms with Gasteiger partial charge in [0.15, 0.2) is 0 Å². The molecule has 1 atom stereocenters. The van der Waals surface area contributed by atoms with Crippen molar-refractivity contribution in [3.8, 4) is 11.3 Å². The van der Waals surface area contributed by atoms with Crippen molar-refractivity contribution in [1.82, 2.24) is 9.97 Å². The summed E-state index contributed by atoms with van der Waals surface area (Å²) in [5.41, 5.74) is 8.61. The number of hydrogen-bond donors (Lipinski definition) is 4. The van der Waals surface area contributed by atoms with Gasteiger partial charge in [0.1, 0.15) is 5.82 Å². The minimum Gasteiger partial charge on any atom is -0.453 e. The van der Waals surface area contributed by atoms with Crippen LogP contribution in [0.5, 0.6) is 0 Å². The zero-order valence-electron chi connectivity index (χ0n) is 14.4. The molecule has 26 heavy (non-hydrogen) atoms. The molecule has 2 heterocycles. The van der Waals surface area contributed by atoms with Crippen LogP contribution in [0.3, 0.4) is 0 Å². The number of methoxy groups -OCH3 is 1. The van der Waals surface area contributed by atoms with Crippen molar-refractivity contribution in [2.75, 3.05) is 17.7 Å². The summed E-state index contributed by atoms with van der Waals surface area (Å²) in [6.45, 7) is 0. The number of nitrogens with zero attached hydrogens (tertiary/aromatic N) is 1. The number of aromatic amines is 1. The highest BCUT2D eigenvalue weighted by atomic mass is 16.5. The van der Waals surface area contributed by atoms with Crippen LogP contribution in [0.25, 0.3) is 11.3 Å². The zero-order valence-corrected chi connectivity index (χ0v) is 14.4. The van der Waals surface area contributed by atoms with E-state index in [1.54, 1.807) is 24.4 Å². The largest absolute Gasteiger partial charge is 0.453 e. The SMILES string of the molecule is COC(=O)Nc1ccc2c(c1)NC(=O)CC/C=C\C[C@H](N)c1nc-2c[nH]1. The topological polar surface area (TPSA) is 122 Å². The number of carbonyl (C=O) groups is 2.